The Morgan fingerprint density at radius 3 is 2.72 bits per heavy atom. The summed E-state index contributed by atoms with van der Waals surface area (Å²) < 4.78 is 17.5. The van der Waals surface area contributed by atoms with Crippen molar-refractivity contribution in [3.8, 4) is 17.2 Å². The summed E-state index contributed by atoms with van der Waals surface area (Å²) in [5.74, 6) is 1.35. The molecule has 0 saturated heterocycles. The molecule has 32 heavy (non-hydrogen) atoms. The maximum atomic E-state index is 11.5. The Balaban J connectivity index is 1.38. The number of aromatic amines is 1. The predicted octanol–water partition coefficient (Wildman–Crippen LogP) is 3.82. The van der Waals surface area contributed by atoms with E-state index in [9.17, 15) is 9.59 Å². The minimum Gasteiger partial charge on any atom is -0.493 e. The standard InChI is InChI=1S/C24H23N3O5/c1-16(11-13-27-23(28)26-24(29)32-27)19-9-6-10-20(15-19)30-14-12-21-17(2)31-22(25-21)18-7-4-3-5-8-18/h3-11,15H,12-14H2,1-2H3,(H,26,28,29)/b16-11+. The number of aromatic nitrogens is 3. The molecule has 0 saturated carbocycles. The van der Waals surface area contributed by atoms with Crippen LogP contribution in [0.3, 0.4) is 0 Å². The van der Waals surface area contributed by atoms with Crippen LogP contribution in [0.15, 0.2) is 79.2 Å². The van der Waals surface area contributed by atoms with Gasteiger partial charge in [0.25, 0.3) is 0 Å². The Morgan fingerprint density at radius 2 is 1.97 bits per heavy atom. The van der Waals surface area contributed by atoms with Crippen LogP contribution in [0, 0.1) is 6.92 Å². The predicted molar refractivity (Wildman–Crippen MR) is 120 cm³/mol. The fourth-order valence-corrected chi connectivity index (χ4v) is 3.23. The third kappa shape index (κ3) is 4.97. The van der Waals surface area contributed by atoms with E-state index >= 15 is 0 Å². The van der Waals surface area contributed by atoms with Crippen LogP contribution >= 0.6 is 0 Å². The lowest BCUT2D eigenvalue weighted by molar-refractivity contribution is 0.261. The van der Waals surface area contributed by atoms with E-state index in [4.69, 9.17) is 13.7 Å². The lowest BCUT2D eigenvalue weighted by Crippen LogP contribution is -2.15. The van der Waals surface area contributed by atoms with Gasteiger partial charge in [-0.2, -0.15) is 0 Å². The summed E-state index contributed by atoms with van der Waals surface area (Å²) in [6, 6.07) is 17.4. The second-order valence-corrected chi connectivity index (χ2v) is 7.27. The molecule has 0 unspecified atom stereocenters. The van der Waals surface area contributed by atoms with Crippen molar-refractivity contribution in [2.45, 2.75) is 26.8 Å². The van der Waals surface area contributed by atoms with Gasteiger partial charge in [0.15, 0.2) is 0 Å². The molecule has 164 valence electrons. The number of hydrogen-bond acceptors (Lipinski definition) is 6. The summed E-state index contributed by atoms with van der Waals surface area (Å²) >= 11 is 0. The van der Waals surface area contributed by atoms with Crippen LogP contribution in [0.2, 0.25) is 0 Å². The molecule has 0 radical (unpaired) electrons. The van der Waals surface area contributed by atoms with E-state index in [1.807, 2.05) is 68.4 Å². The number of H-pyrrole nitrogens is 1. The topological polar surface area (TPSA) is 103 Å². The normalized spacial score (nSPS) is 11.6. The molecule has 0 atom stereocenters. The number of nitrogens with zero attached hydrogens (tertiary/aromatic N) is 2. The molecule has 0 amide bonds. The second kappa shape index (κ2) is 9.38. The summed E-state index contributed by atoms with van der Waals surface area (Å²) in [7, 11) is 0. The van der Waals surface area contributed by atoms with Crippen LogP contribution in [0.1, 0.15) is 23.9 Å². The molecule has 4 aromatic rings. The molecule has 0 fully saturated rings. The summed E-state index contributed by atoms with van der Waals surface area (Å²) in [4.78, 5) is 29.3. The van der Waals surface area contributed by atoms with Gasteiger partial charge in [0.2, 0.25) is 5.89 Å². The van der Waals surface area contributed by atoms with Crippen molar-refractivity contribution in [3.05, 3.63) is 98.7 Å². The minimum absolute atomic E-state index is 0.156. The smallest absolute Gasteiger partial charge is 0.440 e. The van der Waals surface area contributed by atoms with Gasteiger partial charge in [-0.25, -0.2) is 19.6 Å². The molecule has 0 aliphatic rings. The average molecular weight is 433 g/mol. The van der Waals surface area contributed by atoms with Gasteiger partial charge in [-0.1, -0.05) is 36.4 Å². The number of rotatable bonds is 8. The van der Waals surface area contributed by atoms with Crippen molar-refractivity contribution in [2.75, 3.05) is 6.61 Å². The molecule has 0 bridgehead atoms. The number of hydrogen-bond donors (Lipinski definition) is 1. The molecule has 0 spiro atoms. The number of ether oxygens (including phenoxy) is 1. The van der Waals surface area contributed by atoms with E-state index in [-0.39, 0.29) is 6.54 Å². The number of aryl methyl sites for hydroxylation is 1. The van der Waals surface area contributed by atoms with Crippen molar-refractivity contribution in [3.63, 3.8) is 0 Å². The molecule has 0 aliphatic carbocycles. The van der Waals surface area contributed by atoms with Crippen LogP contribution in [0.5, 0.6) is 5.75 Å². The Morgan fingerprint density at radius 1 is 1.16 bits per heavy atom. The number of allylic oxidation sites excluding steroid dienone is 2. The van der Waals surface area contributed by atoms with E-state index in [1.165, 1.54) is 0 Å². The number of nitrogens with one attached hydrogen (secondary N) is 1. The van der Waals surface area contributed by atoms with Crippen molar-refractivity contribution in [1.82, 2.24) is 14.7 Å². The molecule has 1 N–H and O–H groups in total. The average Bonchev–Trinajstić information content (AvgIpc) is 3.33. The fourth-order valence-electron chi connectivity index (χ4n) is 3.23. The van der Waals surface area contributed by atoms with Crippen molar-refractivity contribution >= 4 is 5.57 Å². The zero-order chi connectivity index (χ0) is 22.5. The minimum atomic E-state index is -0.769. The van der Waals surface area contributed by atoms with Gasteiger partial charge >= 0.3 is 11.4 Å². The quantitative estimate of drug-likeness (QED) is 0.453. The van der Waals surface area contributed by atoms with E-state index < -0.39 is 11.4 Å². The Kier molecular flexibility index (Phi) is 6.21. The Labute approximate surface area is 183 Å². The number of oxazole rings is 1. The van der Waals surface area contributed by atoms with E-state index in [2.05, 4.69) is 9.97 Å². The van der Waals surface area contributed by atoms with Crippen LogP contribution < -0.4 is 16.2 Å². The van der Waals surface area contributed by atoms with Crippen molar-refractivity contribution in [2.24, 2.45) is 0 Å². The van der Waals surface area contributed by atoms with Gasteiger partial charge in [0, 0.05) is 12.0 Å². The van der Waals surface area contributed by atoms with Crippen LogP contribution in [0.25, 0.3) is 17.0 Å². The molecule has 0 aliphatic heterocycles. The first kappa shape index (κ1) is 21.2. The fraction of sp³-hybridized carbons (Fsp3) is 0.208. The maximum Gasteiger partial charge on any atom is 0.440 e. The van der Waals surface area contributed by atoms with Crippen molar-refractivity contribution in [1.29, 1.82) is 0 Å². The van der Waals surface area contributed by atoms with Crippen LogP contribution in [-0.4, -0.2) is 21.3 Å². The van der Waals surface area contributed by atoms with E-state index in [0.29, 0.717) is 18.9 Å². The van der Waals surface area contributed by atoms with Gasteiger partial charge < -0.3 is 13.7 Å². The highest BCUT2D eigenvalue weighted by Crippen LogP contribution is 2.23. The molecule has 2 aromatic heterocycles. The van der Waals surface area contributed by atoms with Crippen LogP contribution in [0.4, 0.5) is 0 Å². The molecule has 8 nitrogen and oxygen atoms in total. The van der Waals surface area contributed by atoms with E-state index in [1.54, 1.807) is 6.08 Å². The zero-order valence-corrected chi connectivity index (χ0v) is 17.8. The van der Waals surface area contributed by atoms with Crippen LogP contribution in [-0.2, 0) is 13.0 Å². The first-order valence-corrected chi connectivity index (χ1v) is 10.2. The van der Waals surface area contributed by atoms with Gasteiger partial charge in [-0.3, -0.25) is 0 Å². The maximum absolute atomic E-state index is 11.5. The Hall–Kier alpha value is -4.07. The molecule has 8 heteroatoms. The first-order valence-electron chi connectivity index (χ1n) is 10.2. The molecular formula is C24H23N3O5. The van der Waals surface area contributed by atoms with E-state index in [0.717, 1.165) is 38.6 Å². The SMILES string of the molecule is C/C(=C\Cn1oc(=O)[nH]c1=O)c1cccc(OCCc2nc(-c3ccccc3)oc2C)c1. The first-order chi connectivity index (χ1) is 15.5. The zero-order valence-electron chi connectivity index (χ0n) is 17.8. The van der Waals surface area contributed by atoms with Gasteiger partial charge in [0.1, 0.15) is 11.5 Å². The monoisotopic (exact) mass is 433 g/mol. The third-order valence-corrected chi connectivity index (χ3v) is 5.00. The lowest BCUT2D eigenvalue weighted by Gasteiger charge is -2.08. The number of benzene rings is 2. The lowest BCUT2D eigenvalue weighted by atomic mass is 10.1. The third-order valence-electron chi connectivity index (χ3n) is 5.00. The van der Waals surface area contributed by atoms with Gasteiger partial charge in [-0.15, -0.1) is 4.74 Å². The highest BCUT2D eigenvalue weighted by molar-refractivity contribution is 5.64. The summed E-state index contributed by atoms with van der Waals surface area (Å²) in [5.41, 5.74) is 3.10. The molecule has 2 heterocycles. The second-order valence-electron chi connectivity index (χ2n) is 7.27. The Bertz CT molecular complexity index is 1340. The highest BCUT2D eigenvalue weighted by atomic mass is 16.5. The van der Waals surface area contributed by atoms with Gasteiger partial charge in [-0.05, 0) is 49.2 Å². The molecule has 2 aromatic carbocycles. The summed E-state index contributed by atoms with van der Waals surface area (Å²) in [5, 5.41) is 0. The van der Waals surface area contributed by atoms with Gasteiger partial charge in [0.05, 0.1) is 18.8 Å². The molecular weight excluding hydrogens is 410 g/mol. The molecule has 4 rings (SSSR count). The summed E-state index contributed by atoms with van der Waals surface area (Å²) in [6.45, 7) is 4.43. The van der Waals surface area contributed by atoms with Crippen molar-refractivity contribution < 1.29 is 13.7 Å². The highest BCUT2D eigenvalue weighted by Gasteiger charge is 2.11. The summed E-state index contributed by atoms with van der Waals surface area (Å²) in [6.07, 6.45) is 2.43. The largest absolute Gasteiger partial charge is 0.493 e.